The largest absolute Gasteiger partial charge is 0.507 e. The lowest BCUT2D eigenvalue weighted by Crippen LogP contribution is -2.35. The number of likely N-dealkylation sites (tertiary alicyclic amines) is 1. The standard InChI is InChI=1S/C22H30N4O3/c1-29-18-8-7-17(20(27)12-18)15-25-9-5-6-16(14-25)19-13-21(28)24-22(23-19)26-10-3-2-4-11-26/h7-8,12-13,16,27H,2-6,9-11,14-15H2,1H3,(H,23,24,28). The molecule has 3 heterocycles. The lowest BCUT2D eigenvalue weighted by atomic mass is 9.94. The molecule has 2 aromatic rings. The lowest BCUT2D eigenvalue weighted by molar-refractivity contribution is 0.196. The third-order valence-corrected chi connectivity index (χ3v) is 5.97. The molecule has 1 aromatic heterocycles. The van der Waals surface area contributed by atoms with Crippen LogP contribution in [0.4, 0.5) is 5.95 Å². The lowest BCUT2D eigenvalue weighted by Gasteiger charge is -2.33. The Morgan fingerprint density at radius 2 is 1.86 bits per heavy atom. The number of ether oxygens (including phenoxy) is 1. The van der Waals surface area contributed by atoms with Crippen LogP contribution in [0.5, 0.6) is 17.4 Å². The molecular weight excluding hydrogens is 368 g/mol. The van der Waals surface area contributed by atoms with Crippen LogP contribution in [0, 0.1) is 0 Å². The van der Waals surface area contributed by atoms with Crippen LogP contribution in [0.1, 0.15) is 49.3 Å². The smallest absolute Gasteiger partial charge is 0.228 e. The van der Waals surface area contributed by atoms with Crippen molar-refractivity contribution in [2.75, 3.05) is 38.2 Å². The predicted octanol–water partition coefficient (Wildman–Crippen LogP) is 3.27. The van der Waals surface area contributed by atoms with E-state index in [0.29, 0.717) is 18.2 Å². The van der Waals surface area contributed by atoms with E-state index in [1.165, 1.54) is 6.42 Å². The fourth-order valence-electron chi connectivity index (χ4n) is 4.37. The minimum atomic E-state index is 0.0560. The minimum Gasteiger partial charge on any atom is -0.507 e. The summed E-state index contributed by atoms with van der Waals surface area (Å²) in [5.41, 5.74) is 1.81. The Hall–Kier alpha value is -2.54. The topological polar surface area (TPSA) is 82.0 Å². The molecule has 4 rings (SSSR count). The zero-order valence-electron chi connectivity index (χ0n) is 17.0. The summed E-state index contributed by atoms with van der Waals surface area (Å²) < 4.78 is 5.17. The van der Waals surface area contributed by atoms with Gasteiger partial charge in [-0.1, -0.05) is 6.07 Å². The van der Waals surface area contributed by atoms with E-state index in [4.69, 9.17) is 9.72 Å². The van der Waals surface area contributed by atoms with Gasteiger partial charge in [-0.2, -0.15) is 4.98 Å². The number of hydrogen-bond donors (Lipinski definition) is 2. The van der Waals surface area contributed by atoms with Gasteiger partial charge in [-0.3, -0.25) is 4.90 Å². The van der Waals surface area contributed by atoms with Crippen molar-refractivity contribution in [3.05, 3.63) is 35.5 Å². The molecule has 1 unspecified atom stereocenters. The summed E-state index contributed by atoms with van der Waals surface area (Å²) in [4.78, 5) is 13.6. The third kappa shape index (κ3) is 4.72. The maximum Gasteiger partial charge on any atom is 0.228 e. The Labute approximate surface area is 172 Å². The van der Waals surface area contributed by atoms with Crippen molar-refractivity contribution in [3.8, 4) is 17.4 Å². The molecule has 0 amide bonds. The van der Waals surface area contributed by atoms with Crippen LogP contribution >= 0.6 is 0 Å². The van der Waals surface area contributed by atoms with E-state index < -0.39 is 0 Å². The van der Waals surface area contributed by atoms with E-state index in [1.807, 2.05) is 12.1 Å². The Morgan fingerprint density at radius 3 is 2.62 bits per heavy atom. The first kappa shape index (κ1) is 19.8. The summed E-state index contributed by atoms with van der Waals surface area (Å²) in [6.45, 7) is 4.43. The van der Waals surface area contributed by atoms with E-state index >= 15 is 0 Å². The Balaban J connectivity index is 1.47. The maximum absolute atomic E-state index is 10.3. The fraction of sp³-hybridized carbons (Fsp3) is 0.545. The summed E-state index contributed by atoms with van der Waals surface area (Å²) in [7, 11) is 1.60. The summed E-state index contributed by atoms with van der Waals surface area (Å²) in [6.07, 6.45) is 5.65. The Kier molecular flexibility index (Phi) is 6.04. The number of anilines is 1. The molecular formula is C22H30N4O3. The van der Waals surface area contributed by atoms with Crippen molar-refractivity contribution in [2.24, 2.45) is 0 Å². The van der Waals surface area contributed by atoms with Crippen molar-refractivity contribution < 1.29 is 14.9 Å². The van der Waals surface area contributed by atoms with Gasteiger partial charge in [0.1, 0.15) is 11.5 Å². The molecule has 7 nitrogen and oxygen atoms in total. The number of hydrogen-bond acceptors (Lipinski definition) is 7. The summed E-state index contributed by atoms with van der Waals surface area (Å²) >= 11 is 0. The number of nitrogens with zero attached hydrogens (tertiary/aromatic N) is 4. The number of benzene rings is 1. The quantitative estimate of drug-likeness (QED) is 0.800. The van der Waals surface area contributed by atoms with E-state index in [-0.39, 0.29) is 17.5 Å². The summed E-state index contributed by atoms with van der Waals surface area (Å²) in [5, 5.41) is 20.5. The van der Waals surface area contributed by atoms with Gasteiger partial charge >= 0.3 is 0 Å². The first-order valence-electron chi connectivity index (χ1n) is 10.5. The number of aromatic nitrogens is 2. The van der Waals surface area contributed by atoms with E-state index in [0.717, 1.165) is 63.1 Å². The molecule has 29 heavy (non-hydrogen) atoms. The zero-order valence-corrected chi connectivity index (χ0v) is 17.0. The van der Waals surface area contributed by atoms with Gasteiger partial charge in [0.2, 0.25) is 11.8 Å². The van der Waals surface area contributed by atoms with Gasteiger partial charge in [0.05, 0.1) is 12.8 Å². The van der Waals surface area contributed by atoms with Gasteiger partial charge in [-0.15, -0.1) is 0 Å². The van der Waals surface area contributed by atoms with Gasteiger partial charge in [-0.05, 0) is 44.7 Å². The van der Waals surface area contributed by atoms with Crippen LogP contribution in [0.2, 0.25) is 0 Å². The molecule has 2 aliphatic heterocycles. The van der Waals surface area contributed by atoms with Crippen LogP contribution in [0.25, 0.3) is 0 Å². The molecule has 0 bridgehead atoms. The van der Waals surface area contributed by atoms with Crippen LogP contribution in [-0.4, -0.2) is 58.4 Å². The molecule has 2 saturated heterocycles. The van der Waals surface area contributed by atoms with Gasteiger partial charge in [0.25, 0.3) is 0 Å². The first-order valence-corrected chi connectivity index (χ1v) is 10.5. The Bertz CT molecular complexity index is 839. The monoisotopic (exact) mass is 398 g/mol. The number of phenols is 1. The summed E-state index contributed by atoms with van der Waals surface area (Å²) in [6, 6.07) is 7.17. The van der Waals surface area contributed by atoms with Crippen molar-refractivity contribution >= 4 is 5.95 Å². The average molecular weight is 399 g/mol. The molecule has 0 aliphatic carbocycles. The normalized spacial score (nSPS) is 20.6. The second-order valence-corrected chi connectivity index (χ2v) is 8.07. The summed E-state index contributed by atoms with van der Waals surface area (Å²) in [5.74, 6) is 1.88. The number of aromatic hydroxyl groups is 2. The molecule has 2 N–H and O–H groups in total. The van der Waals surface area contributed by atoms with Gasteiger partial charge < -0.3 is 19.8 Å². The fourth-order valence-corrected chi connectivity index (χ4v) is 4.37. The van der Waals surface area contributed by atoms with Gasteiger partial charge in [0.15, 0.2) is 0 Å². The van der Waals surface area contributed by atoms with E-state index in [2.05, 4.69) is 14.8 Å². The molecule has 156 valence electrons. The van der Waals surface area contributed by atoms with Crippen LogP contribution in [0.3, 0.4) is 0 Å². The predicted molar refractivity (Wildman–Crippen MR) is 112 cm³/mol. The number of rotatable bonds is 5. The average Bonchev–Trinajstić information content (AvgIpc) is 2.75. The SMILES string of the molecule is COc1ccc(CN2CCCC(c3cc(O)nc(N4CCCCC4)n3)C2)c(O)c1. The second-order valence-electron chi connectivity index (χ2n) is 8.07. The zero-order chi connectivity index (χ0) is 20.2. The molecule has 1 aromatic carbocycles. The molecule has 2 fully saturated rings. The van der Waals surface area contributed by atoms with Crippen molar-refractivity contribution in [1.29, 1.82) is 0 Å². The first-order chi connectivity index (χ1) is 14.1. The van der Waals surface area contributed by atoms with Gasteiger partial charge in [0, 0.05) is 49.8 Å². The highest BCUT2D eigenvalue weighted by atomic mass is 16.5. The van der Waals surface area contributed by atoms with Crippen molar-refractivity contribution in [2.45, 2.75) is 44.6 Å². The molecule has 2 aliphatic rings. The maximum atomic E-state index is 10.3. The highest BCUT2D eigenvalue weighted by molar-refractivity contribution is 5.40. The van der Waals surface area contributed by atoms with E-state index in [1.54, 1.807) is 19.2 Å². The van der Waals surface area contributed by atoms with Crippen LogP contribution < -0.4 is 9.64 Å². The highest BCUT2D eigenvalue weighted by Crippen LogP contribution is 2.31. The van der Waals surface area contributed by atoms with Crippen molar-refractivity contribution in [3.63, 3.8) is 0 Å². The second kappa shape index (κ2) is 8.86. The number of methoxy groups -OCH3 is 1. The van der Waals surface area contributed by atoms with Crippen LogP contribution in [-0.2, 0) is 6.54 Å². The number of phenolic OH excluding ortho intramolecular Hbond substituents is 1. The van der Waals surface area contributed by atoms with Gasteiger partial charge in [-0.25, -0.2) is 4.98 Å². The van der Waals surface area contributed by atoms with E-state index in [9.17, 15) is 10.2 Å². The molecule has 0 spiro atoms. The number of piperidine rings is 2. The molecule has 1 atom stereocenters. The third-order valence-electron chi connectivity index (χ3n) is 5.97. The Morgan fingerprint density at radius 1 is 1.03 bits per heavy atom. The van der Waals surface area contributed by atoms with Crippen LogP contribution in [0.15, 0.2) is 24.3 Å². The van der Waals surface area contributed by atoms with Crippen molar-refractivity contribution in [1.82, 2.24) is 14.9 Å². The molecule has 0 saturated carbocycles. The molecule has 7 heteroatoms. The molecule has 0 radical (unpaired) electrons. The minimum absolute atomic E-state index is 0.0560. The highest BCUT2D eigenvalue weighted by Gasteiger charge is 2.25.